The van der Waals surface area contributed by atoms with Gasteiger partial charge in [-0.3, -0.25) is 19.1 Å². The van der Waals surface area contributed by atoms with Gasteiger partial charge in [0.25, 0.3) is 0 Å². The summed E-state index contributed by atoms with van der Waals surface area (Å²) in [6.45, 7) is 0.395. The number of carboxylic acid groups (broad SMARTS) is 1. The number of carbonyl (C=O) groups excluding carboxylic acids is 1. The van der Waals surface area contributed by atoms with Gasteiger partial charge in [0.1, 0.15) is 12.4 Å². The summed E-state index contributed by atoms with van der Waals surface area (Å²) in [5.74, 6) is -1.47. The molecule has 10 heteroatoms. The van der Waals surface area contributed by atoms with Gasteiger partial charge in [0.05, 0.1) is 11.7 Å². The van der Waals surface area contributed by atoms with Crippen LogP contribution in [0.15, 0.2) is 17.5 Å². The predicted molar refractivity (Wildman–Crippen MR) is 80.1 cm³/mol. The first-order valence-electron chi connectivity index (χ1n) is 6.67. The molecule has 0 aliphatic rings. The summed E-state index contributed by atoms with van der Waals surface area (Å²) in [4.78, 5) is 30.5. The van der Waals surface area contributed by atoms with Crippen molar-refractivity contribution in [3.05, 3.63) is 18.2 Å². The molecule has 0 spiro atoms. The van der Waals surface area contributed by atoms with Crippen LogP contribution >= 0.6 is 0 Å². The highest BCUT2D eigenvalue weighted by Gasteiger charge is 2.18. The second-order valence-electron chi connectivity index (χ2n) is 4.81. The number of aliphatic imine (C=N–C) groups is 1. The molecule has 0 radical (unpaired) electrons. The zero-order valence-electron chi connectivity index (χ0n) is 12.1. The van der Waals surface area contributed by atoms with Crippen LogP contribution in [-0.2, 0) is 11.2 Å². The Morgan fingerprint density at radius 3 is 2.59 bits per heavy atom. The van der Waals surface area contributed by atoms with E-state index in [1.807, 2.05) is 0 Å². The number of guanidine groups is 1. The lowest BCUT2D eigenvalue weighted by atomic mass is 10.1. The number of aliphatic carboxylic acids is 1. The van der Waals surface area contributed by atoms with Crippen LogP contribution in [0.3, 0.4) is 0 Å². The van der Waals surface area contributed by atoms with E-state index in [2.05, 4.69) is 9.98 Å². The summed E-state index contributed by atoms with van der Waals surface area (Å²) < 4.78 is 1.23. The molecule has 9 N–H and O–H groups in total. The van der Waals surface area contributed by atoms with Crippen molar-refractivity contribution < 1.29 is 14.7 Å². The molecule has 0 unspecified atom stereocenters. The molecule has 122 valence electrons. The van der Waals surface area contributed by atoms with Crippen LogP contribution in [-0.4, -0.2) is 51.1 Å². The first kappa shape index (κ1) is 17.6. The Balaban J connectivity index is 2.53. The summed E-state index contributed by atoms with van der Waals surface area (Å²) >= 11 is 0. The average molecular weight is 311 g/mol. The van der Waals surface area contributed by atoms with Crippen molar-refractivity contribution in [1.82, 2.24) is 9.55 Å². The molecule has 10 nitrogen and oxygen atoms in total. The molecule has 2 atom stereocenters. The molecule has 22 heavy (non-hydrogen) atoms. The smallest absolute Gasteiger partial charge is 0.320 e. The summed E-state index contributed by atoms with van der Waals surface area (Å²) in [6, 6.07) is -1.78. The van der Waals surface area contributed by atoms with Crippen LogP contribution in [0.25, 0.3) is 0 Å². The molecule has 0 fully saturated rings. The quantitative estimate of drug-likeness (QED) is 0.204. The molecule has 1 heterocycles. The zero-order valence-corrected chi connectivity index (χ0v) is 12.1. The van der Waals surface area contributed by atoms with E-state index < -0.39 is 18.1 Å². The van der Waals surface area contributed by atoms with Crippen molar-refractivity contribution in [2.75, 3.05) is 6.54 Å². The number of nitrogens with zero attached hydrogens (tertiary/aromatic N) is 3. The molecule has 1 aromatic heterocycles. The third-order valence-corrected chi connectivity index (χ3v) is 2.92. The van der Waals surface area contributed by atoms with Gasteiger partial charge in [-0.05, 0) is 12.8 Å². The Bertz CT molecular complexity index is 551. The van der Waals surface area contributed by atoms with Crippen molar-refractivity contribution in [3.8, 4) is 0 Å². The van der Waals surface area contributed by atoms with Crippen LogP contribution in [0.1, 0.15) is 23.3 Å². The molecule has 0 aromatic carbocycles. The van der Waals surface area contributed by atoms with E-state index >= 15 is 0 Å². The lowest BCUT2D eigenvalue weighted by Gasteiger charge is -2.09. The Hall–Kier alpha value is -2.46. The van der Waals surface area contributed by atoms with E-state index in [4.69, 9.17) is 28.0 Å². The van der Waals surface area contributed by atoms with Gasteiger partial charge in [0, 0.05) is 19.2 Å². The minimum Gasteiger partial charge on any atom is -0.480 e. The van der Waals surface area contributed by atoms with E-state index in [0.717, 1.165) is 0 Å². The minimum absolute atomic E-state index is 0.00563. The molecule has 0 saturated heterocycles. The number of carboxylic acids is 1. The molecule has 0 bridgehead atoms. The first-order chi connectivity index (χ1) is 10.3. The number of hydrogen-bond acceptors (Lipinski definition) is 6. The lowest BCUT2D eigenvalue weighted by molar-refractivity contribution is -0.138. The molecule has 0 aliphatic carbocycles. The van der Waals surface area contributed by atoms with Gasteiger partial charge in [-0.15, -0.1) is 0 Å². The molecular formula is C12H21N7O3. The highest BCUT2D eigenvalue weighted by molar-refractivity contribution is 5.84. The largest absolute Gasteiger partial charge is 0.480 e. The van der Waals surface area contributed by atoms with Gasteiger partial charge in [-0.1, -0.05) is 0 Å². The summed E-state index contributed by atoms with van der Waals surface area (Å²) in [7, 11) is 0. The standard InChI is InChI=1S/C12H21N7O3/c13-8(2-1-3-17-12(15)16)10(20)19-5-7(18-6-19)4-9(14)11(21)22/h5-6,8-9H,1-4,13-14H2,(H,21,22)(H4,15,16,17)/t8-,9-/m0/s1. The Morgan fingerprint density at radius 1 is 1.32 bits per heavy atom. The number of hydrogen-bond donors (Lipinski definition) is 5. The fourth-order valence-electron chi connectivity index (χ4n) is 1.74. The molecule has 1 rings (SSSR count). The molecule has 0 aliphatic heterocycles. The van der Waals surface area contributed by atoms with Gasteiger partial charge in [-0.2, -0.15) is 0 Å². The van der Waals surface area contributed by atoms with Gasteiger partial charge in [-0.25, -0.2) is 4.98 Å². The van der Waals surface area contributed by atoms with Gasteiger partial charge in [0.15, 0.2) is 5.96 Å². The van der Waals surface area contributed by atoms with Crippen molar-refractivity contribution in [2.45, 2.75) is 31.3 Å². The van der Waals surface area contributed by atoms with Crippen LogP contribution in [0, 0.1) is 0 Å². The predicted octanol–water partition coefficient (Wildman–Crippen LogP) is -2.14. The van der Waals surface area contributed by atoms with Crippen LogP contribution in [0.4, 0.5) is 0 Å². The van der Waals surface area contributed by atoms with Crippen molar-refractivity contribution in [1.29, 1.82) is 0 Å². The van der Waals surface area contributed by atoms with Crippen LogP contribution in [0.5, 0.6) is 0 Å². The third-order valence-electron chi connectivity index (χ3n) is 2.92. The van der Waals surface area contributed by atoms with E-state index in [-0.39, 0.29) is 18.3 Å². The highest BCUT2D eigenvalue weighted by Crippen LogP contribution is 2.04. The fourth-order valence-corrected chi connectivity index (χ4v) is 1.74. The normalized spacial score (nSPS) is 13.4. The maximum Gasteiger partial charge on any atom is 0.320 e. The zero-order chi connectivity index (χ0) is 16.7. The van der Waals surface area contributed by atoms with Crippen molar-refractivity contribution in [2.24, 2.45) is 27.9 Å². The van der Waals surface area contributed by atoms with E-state index in [1.54, 1.807) is 0 Å². The second-order valence-corrected chi connectivity index (χ2v) is 4.81. The number of nitrogens with two attached hydrogens (primary N) is 4. The topological polar surface area (TPSA) is 189 Å². The molecule has 0 saturated carbocycles. The highest BCUT2D eigenvalue weighted by atomic mass is 16.4. The van der Waals surface area contributed by atoms with Crippen molar-refractivity contribution in [3.63, 3.8) is 0 Å². The van der Waals surface area contributed by atoms with Crippen LogP contribution < -0.4 is 22.9 Å². The van der Waals surface area contributed by atoms with Crippen LogP contribution in [0.2, 0.25) is 0 Å². The molecule has 1 aromatic rings. The minimum atomic E-state index is -1.13. The van der Waals surface area contributed by atoms with E-state index in [1.165, 1.54) is 17.1 Å². The fraction of sp³-hybridized carbons (Fsp3) is 0.500. The Morgan fingerprint density at radius 2 is 2.00 bits per heavy atom. The maximum absolute atomic E-state index is 12.1. The second kappa shape index (κ2) is 8.10. The Labute approximate surface area is 127 Å². The molecule has 0 amide bonds. The summed E-state index contributed by atoms with van der Waals surface area (Å²) in [5, 5.41) is 8.73. The van der Waals surface area contributed by atoms with Gasteiger partial charge < -0.3 is 28.0 Å². The number of carbonyl (C=O) groups is 2. The number of rotatable bonds is 8. The first-order valence-corrected chi connectivity index (χ1v) is 6.67. The van der Waals surface area contributed by atoms with Crippen molar-refractivity contribution >= 4 is 17.8 Å². The summed E-state index contributed by atoms with van der Waals surface area (Å²) in [5.41, 5.74) is 22.0. The van der Waals surface area contributed by atoms with Gasteiger partial charge in [0.2, 0.25) is 5.91 Å². The third kappa shape index (κ3) is 5.50. The monoisotopic (exact) mass is 311 g/mol. The number of aromatic nitrogens is 2. The molecular weight excluding hydrogens is 290 g/mol. The summed E-state index contributed by atoms with van der Waals surface area (Å²) in [6.07, 6.45) is 3.74. The maximum atomic E-state index is 12.1. The van der Waals surface area contributed by atoms with E-state index in [9.17, 15) is 9.59 Å². The average Bonchev–Trinajstić information content (AvgIpc) is 2.90. The Kier molecular flexibility index (Phi) is 6.47. The van der Waals surface area contributed by atoms with Gasteiger partial charge >= 0.3 is 5.97 Å². The SMILES string of the molecule is NC(N)=NCCC[C@H](N)C(=O)n1cnc(C[C@H](N)C(=O)O)c1. The number of imidazole rings is 1. The lowest BCUT2D eigenvalue weighted by Crippen LogP contribution is -2.34. The van der Waals surface area contributed by atoms with E-state index in [0.29, 0.717) is 25.1 Å².